The molecule has 0 aliphatic heterocycles. The quantitative estimate of drug-likeness (QED) is 0.777. The molecule has 2 heteroatoms. The van der Waals surface area contributed by atoms with Crippen LogP contribution in [0.3, 0.4) is 0 Å². The molecule has 1 atom stereocenters. The first kappa shape index (κ1) is 11.9. The Hall–Kier alpha value is -1.54. The molecule has 0 aliphatic carbocycles. The van der Waals surface area contributed by atoms with Crippen LogP contribution >= 0.6 is 0 Å². The van der Waals surface area contributed by atoms with Gasteiger partial charge in [0.2, 0.25) is 0 Å². The fraction of sp³-hybridized carbons (Fsp3) is 0.333. The summed E-state index contributed by atoms with van der Waals surface area (Å²) in [6, 6.07) is 9.00. The van der Waals surface area contributed by atoms with Gasteiger partial charge < -0.3 is 9.88 Å². The van der Waals surface area contributed by atoms with Crippen molar-refractivity contribution in [1.29, 1.82) is 0 Å². The van der Waals surface area contributed by atoms with E-state index in [0.717, 1.165) is 13.0 Å². The van der Waals surface area contributed by atoms with Crippen molar-refractivity contribution in [3.05, 3.63) is 48.7 Å². The van der Waals surface area contributed by atoms with Crippen LogP contribution in [0.15, 0.2) is 43.1 Å². The number of benzene rings is 1. The lowest BCUT2D eigenvalue weighted by molar-refractivity contribution is 0.555. The van der Waals surface area contributed by atoms with Gasteiger partial charge in [-0.1, -0.05) is 24.3 Å². The highest BCUT2D eigenvalue weighted by atomic mass is 14.9. The summed E-state index contributed by atoms with van der Waals surface area (Å²) in [6.07, 6.45) is 5.17. The van der Waals surface area contributed by atoms with Crippen molar-refractivity contribution in [2.45, 2.75) is 25.9 Å². The standard InChI is InChI=1S/C15H20N2/c1-4-7-12(2)16-10-13-11-17(3)15-9-6-5-8-14(13)15/h4-6,8-9,11-12,16H,1,7,10H2,2-3H3. The van der Waals surface area contributed by atoms with Gasteiger partial charge in [0.25, 0.3) is 0 Å². The number of nitrogens with one attached hydrogen (secondary N) is 1. The molecule has 17 heavy (non-hydrogen) atoms. The lowest BCUT2D eigenvalue weighted by Crippen LogP contribution is -2.24. The summed E-state index contributed by atoms with van der Waals surface area (Å²) in [6.45, 7) is 6.87. The SMILES string of the molecule is C=CCC(C)NCc1cn(C)c2ccccc12. The second kappa shape index (κ2) is 5.19. The van der Waals surface area contributed by atoms with Gasteiger partial charge in [0, 0.05) is 36.7 Å². The average Bonchev–Trinajstić information content (AvgIpc) is 2.65. The van der Waals surface area contributed by atoms with Crippen molar-refractivity contribution in [3.8, 4) is 0 Å². The lowest BCUT2D eigenvalue weighted by Gasteiger charge is -2.10. The molecule has 90 valence electrons. The number of hydrogen-bond donors (Lipinski definition) is 1. The van der Waals surface area contributed by atoms with Crippen molar-refractivity contribution >= 4 is 10.9 Å². The molecule has 2 aromatic rings. The minimum atomic E-state index is 0.478. The minimum absolute atomic E-state index is 0.478. The largest absolute Gasteiger partial charge is 0.350 e. The number of aromatic nitrogens is 1. The van der Waals surface area contributed by atoms with Crippen molar-refractivity contribution in [2.24, 2.45) is 7.05 Å². The van der Waals surface area contributed by atoms with Gasteiger partial charge in [-0.15, -0.1) is 6.58 Å². The zero-order valence-electron chi connectivity index (χ0n) is 10.6. The van der Waals surface area contributed by atoms with E-state index >= 15 is 0 Å². The molecule has 2 rings (SSSR count). The van der Waals surface area contributed by atoms with Gasteiger partial charge in [0.15, 0.2) is 0 Å². The van der Waals surface area contributed by atoms with E-state index in [-0.39, 0.29) is 0 Å². The molecule has 1 heterocycles. The average molecular weight is 228 g/mol. The van der Waals surface area contributed by atoms with Crippen LogP contribution in [-0.4, -0.2) is 10.6 Å². The van der Waals surface area contributed by atoms with Crippen LogP contribution in [0.2, 0.25) is 0 Å². The van der Waals surface area contributed by atoms with Gasteiger partial charge in [0.1, 0.15) is 0 Å². The summed E-state index contributed by atoms with van der Waals surface area (Å²) in [4.78, 5) is 0. The molecule has 2 nitrogen and oxygen atoms in total. The van der Waals surface area contributed by atoms with E-state index in [1.54, 1.807) is 0 Å². The summed E-state index contributed by atoms with van der Waals surface area (Å²) < 4.78 is 2.19. The van der Waals surface area contributed by atoms with E-state index in [9.17, 15) is 0 Å². The number of nitrogens with zero attached hydrogens (tertiary/aromatic N) is 1. The third-order valence-corrected chi connectivity index (χ3v) is 3.14. The summed E-state index contributed by atoms with van der Waals surface area (Å²) in [5.41, 5.74) is 2.65. The fourth-order valence-corrected chi connectivity index (χ4v) is 2.18. The van der Waals surface area contributed by atoms with Crippen LogP contribution in [0.5, 0.6) is 0 Å². The molecule has 1 aromatic heterocycles. The molecule has 1 aromatic carbocycles. The summed E-state index contributed by atoms with van der Waals surface area (Å²) in [5.74, 6) is 0. The molecule has 0 aliphatic rings. The van der Waals surface area contributed by atoms with Crippen LogP contribution in [0, 0.1) is 0 Å². The van der Waals surface area contributed by atoms with Gasteiger partial charge >= 0.3 is 0 Å². The normalized spacial score (nSPS) is 12.8. The molecule has 0 saturated carbocycles. The van der Waals surface area contributed by atoms with E-state index in [2.05, 4.69) is 60.9 Å². The Morgan fingerprint density at radius 3 is 2.94 bits per heavy atom. The van der Waals surface area contributed by atoms with Gasteiger partial charge in [-0.2, -0.15) is 0 Å². The monoisotopic (exact) mass is 228 g/mol. The van der Waals surface area contributed by atoms with Crippen molar-refractivity contribution < 1.29 is 0 Å². The van der Waals surface area contributed by atoms with Crippen molar-refractivity contribution in [3.63, 3.8) is 0 Å². The minimum Gasteiger partial charge on any atom is -0.350 e. The molecule has 0 amide bonds. The summed E-state index contributed by atoms with van der Waals surface area (Å²) >= 11 is 0. The zero-order chi connectivity index (χ0) is 12.3. The Kier molecular flexibility index (Phi) is 3.64. The topological polar surface area (TPSA) is 17.0 Å². The molecule has 0 spiro atoms. The Balaban J connectivity index is 2.16. The molecule has 1 N–H and O–H groups in total. The number of rotatable bonds is 5. The first-order valence-corrected chi connectivity index (χ1v) is 6.09. The van der Waals surface area contributed by atoms with Crippen LogP contribution in [0.4, 0.5) is 0 Å². The Bertz CT molecular complexity index is 511. The van der Waals surface area contributed by atoms with Crippen LogP contribution < -0.4 is 5.32 Å². The highest BCUT2D eigenvalue weighted by Crippen LogP contribution is 2.20. The van der Waals surface area contributed by atoms with Crippen molar-refractivity contribution in [1.82, 2.24) is 9.88 Å². The Morgan fingerprint density at radius 2 is 2.18 bits per heavy atom. The lowest BCUT2D eigenvalue weighted by atomic mass is 10.1. The first-order chi connectivity index (χ1) is 8.22. The fourth-order valence-electron chi connectivity index (χ4n) is 2.18. The first-order valence-electron chi connectivity index (χ1n) is 6.09. The van der Waals surface area contributed by atoms with Crippen molar-refractivity contribution in [2.75, 3.05) is 0 Å². The molecule has 0 radical (unpaired) electrons. The van der Waals surface area contributed by atoms with Crippen LogP contribution in [0.1, 0.15) is 18.9 Å². The highest BCUT2D eigenvalue weighted by molar-refractivity contribution is 5.83. The maximum Gasteiger partial charge on any atom is 0.0481 e. The number of aryl methyl sites for hydroxylation is 1. The van der Waals surface area contributed by atoms with E-state index < -0.39 is 0 Å². The Morgan fingerprint density at radius 1 is 1.41 bits per heavy atom. The number of fused-ring (bicyclic) bond motifs is 1. The van der Waals surface area contributed by atoms with Gasteiger partial charge in [-0.25, -0.2) is 0 Å². The molecular weight excluding hydrogens is 208 g/mol. The summed E-state index contributed by atoms with van der Waals surface area (Å²) in [5, 5.41) is 4.86. The molecule has 0 fully saturated rings. The van der Waals surface area contributed by atoms with E-state index in [1.807, 2.05) is 6.08 Å². The third kappa shape index (κ3) is 2.59. The number of hydrogen-bond acceptors (Lipinski definition) is 1. The predicted octanol–water partition coefficient (Wildman–Crippen LogP) is 3.23. The Labute approximate surface area is 103 Å². The maximum absolute atomic E-state index is 3.77. The zero-order valence-corrected chi connectivity index (χ0v) is 10.6. The van der Waals surface area contributed by atoms with Gasteiger partial charge in [-0.3, -0.25) is 0 Å². The van der Waals surface area contributed by atoms with Crippen LogP contribution in [-0.2, 0) is 13.6 Å². The second-order valence-electron chi connectivity index (χ2n) is 4.59. The summed E-state index contributed by atoms with van der Waals surface area (Å²) in [7, 11) is 2.10. The highest BCUT2D eigenvalue weighted by Gasteiger charge is 2.06. The second-order valence-corrected chi connectivity index (χ2v) is 4.59. The molecular formula is C15H20N2. The van der Waals surface area contributed by atoms with Gasteiger partial charge in [0.05, 0.1) is 0 Å². The molecule has 0 bridgehead atoms. The number of para-hydroxylation sites is 1. The smallest absolute Gasteiger partial charge is 0.0481 e. The van der Waals surface area contributed by atoms with Gasteiger partial charge in [-0.05, 0) is 25.0 Å². The van der Waals surface area contributed by atoms with E-state index in [4.69, 9.17) is 0 Å². The maximum atomic E-state index is 3.77. The van der Waals surface area contributed by atoms with E-state index in [0.29, 0.717) is 6.04 Å². The molecule has 0 saturated heterocycles. The predicted molar refractivity (Wildman–Crippen MR) is 74.0 cm³/mol. The third-order valence-electron chi connectivity index (χ3n) is 3.14. The van der Waals surface area contributed by atoms with Crippen LogP contribution in [0.25, 0.3) is 10.9 Å². The molecule has 1 unspecified atom stereocenters. The van der Waals surface area contributed by atoms with E-state index in [1.165, 1.54) is 16.5 Å².